The quantitative estimate of drug-likeness (QED) is 0.663. The Morgan fingerprint density at radius 1 is 1.36 bits per heavy atom. The molecule has 1 aromatic heterocycles. The maximum absolute atomic E-state index is 10.9. The number of hydrogen-bond donors (Lipinski definition) is 3. The van der Waals surface area contributed by atoms with Crippen LogP contribution >= 0.6 is 23.2 Å². The standard InChI is InChI=1S/C15H21Cl2N3O2/c1-8-3-5-10(6-4-8)9(2)18-13-11(19-15(21)22)7-12(16)20-14(13)17/h7-10,18H,3-6H2,1-2H3,(H,19,20)(H,21,22). The average molecular weight is 346 g/mol. The summed E-state index contributed by atoms with van der Waals surface area (Å²) in [6.07, 6.45) is 3.61. The second-order valence-electron chi connectivity index (χ2n) is 6.04. The van der Waals surface area contributed by atoms with Gasteiger partial charge in [-0.15, -0.1) is 0 Å². The fourth-order valence-corrected chi connectivity index (χ4v) is 3.45. The maximum Gasteiger partial charge on any atom is 0.409 e. The van der Waals surface area contributed by atoms with Crippen molar-refractivity contribution in [2.45, 2.75) is 45.6 Å². The van der Waals surface area contributed by atoms with E-state index < -0.39 is 6.09 Å². The van der Waals surface area contributed by atoms with Gasteiger partial charge in [-0.3, -0.25) is 5.32 Å². The van der Waals surface area contributed by atoms with Crippen LogP contribution in [0.2, 0.25) is 10.3 Å². The molecule has 22 heavy (non-hydrogen) atoms. The van der Waals surface area contributed by atoms with Gasteiger partial charge in [0.15, 0.2) is 5.15 Å². The molecule has 0 spiro atoms. The number of hydrogen-bond acceptors (Lipinski definition) is 3. The molecule has 0 radical (unpaired) electrons. The fourth-order valence-electron chi connectivity index (χ4n) is 2.97. The molecule has 1 saturated carbocycles. The second kappa shape index (κ2) is 7.38. The number of pyridine rings is 1. The number of amides is 1. The predicted octanol–water partition coefficient (Wildman–Crippen LogP) is 5.11. The van der Waals surface area contributed by atoms with Gasteiger partial charge in [0.2, 0.25) is 0 Å². The third-order valence-corrected chi connectivity index (χ3v) is 4.79. The topological polar surface area (TPSA) is 74.2 Å². The van der Waals surface area contributed by atoms with Crippen LogP contribution in [0.15, 0.2) is 6.07 Å². The summed E-state index contributed by atoms with van der Waals surface area (Å²) in [7, 11) is 0. The van der Waals surface area contributed by atoms with Crippen molar-refractivity contribution < 1.29 is 9.90 Å². The van der Waals surface area contributed by atoms with Gasteiger partial charge in [-0.05, 0) is 31.6 Å². The Hall–Kier alpha value is -1.20. The highest BCUT2D eigenvalue weighted by Gasteiger charge is 2.25. The van der Waals surface area contributed by atoms with Crippen molar-refractivity contribution >= 4 is 40.7 Å². The van der Waals surface area contributed by atoms with Gasteiger partial charge in [-0.2, -0.15) is 0 Å². The van der Waals surface area contributed by atoms with Gasteiger partial charge in [-0.25, -0.2) is 9.78 Å². The third-order valence-electron chi connectivity index (χ3n) is 4.33. The lowest BCUT2D eigenvalue weighted by atomic mass is 9.79. The van der Waals surface area contributed by atoms with Crippen molar-refractivity contribution in [1.82, 2.24) is 4.98 Å². The summed E-state index contributed by atoms with van der Waals surface area (Å²) >= 11 is 12.0. The van der Waals surface area contributed by atoms with Crippen molar-refractivity contribution in [3.8, 4) is 0 Å². The highest BCUT2D eigenvalue weighted by molar-refractivity contribution is 6.35. The monoisotopic (exact) mass is 345 g/mol. The van der Waals surface area contributed by atoms with Crippen molar-refractivity contribution in [3.05, 3.63) is 16.4 Å². The molecule has 1 atom stereocenters. The van der Waals surface area contributed by atoms with Crippen molar-refractivity contribution in [2.75, 3.05) is 10.6 Å². The lowest BCUT2D eigenvalue weighted by Gasteiger charge is -2.32. The van der Waals surface area contributed by atoms with Crippen LogP contribution in [0.25, 0.3) is 0 Å². The fraction of sp³-hybridized carbons (Fsp3) is 0.600. The van der Waals surface area contributed by atoms with Crippen LogP contribution in [0.4, 0.5) is 16.2 Å². The maximum atomic E-state index is 10.9. The van der Waals surface area contributed by atoms with E-state index >= 15 is 0 Å². The summed E-state index contributed by atoms with van der Waals surface area (Å²) in [4.78, 5) is 14.9. The molecule has 1 amide bonds. The first-order valence-corrected chi connectivity index (χ1v) is 8.25. The summed E-state index contributed by atoms with van der Waals surface area (Å²) in [5.74, 6) is 1.33. The number of anilines is 2. The van der Waals surface area contributed by atoms with E-state index in [0.29, 0.717) is 17.3 Å². The smallest absolute Gasteiger partial charge is 0.409 e. The Balaban J connectivity index is 2.15. The molecule has 1 fully saturated rings. The largest absolute Gasteiger partial charge is 0.465 e. The van der Waals surface area contributed by atoms with Gasteiger partial charge in [-0.1, -0.05) is 43.0 Å². The molecule has 0 aliphatic heterocycles. The zero-order valence-corrected chi connectivity index (χ0v) is 14.2. The number of rotatable bonds is 4. The van der Waals surface area contributed by atoms with Gasteiger partial charge in [0.25, 0.3) is 0 Å². The first kappa shape index (κ1) is 17.2. The molecule has 0 bridgehead atoms. The number of nitrogens with zero attached hydrogens (tertiary/aromatic N) is 1. The van der Waals surface area contributed by atoms with Gasteiger partial charge >= 0.3 is 6.09 Å². The first-order valence-electron chi connectivity index (χ1n) is 7.49. The van der Waals surface area contributed by atoms with E-state index in [9.17, 15) is 4.79 Å². The average Bonchev–Trinajstić information content (AvgIpc) is 2.42. The summed E-state index contributed by atoms with van der Waals surface area (Å²) in [6, 6.07) is 1.64. The van der Waals surface area contributed by atoms with Crippen molar-refractivity contribution in [2.24, 2.45) is 11.8 Å². The molecule has 1 aliphatic carbocycles. The molecule has 1 aliphatic rings. The van der Waals surface area contributed by atoms with Gasteiger partial charge in [0, 0.05) is 12.1 Å². The number of aromatic nitrogens is 1. The molecular formula is C15H21Cl2N3O2. The van der Waals surface area contributed by atoms with E-state index in [1.807, 2.05) is 0 Å². The Morgan fingerprint density at radius 3 is 2.59 bits per heavy atom. The predicted molar refractivity (Wildman–Crippen MR) is 90.1 cm³/mol. The normalized spacial score (nSPS) is 22.9. The zero-order valence-electron chi connectivity index (χ0n) is 12.7. The minimum absolute atomic E-state index is 0.151. The first-order chi connectivity index (χ1) is 10.4. The lowest BCUT2D eigenvalue weighted by molar-refractivity contribution is 0.210. The van der Waals surface area contributed by atoms with Crippen LogP contribution < -0.4 is 10.6 Å². The number of halogens is 2. The summed E-state index contributed by atoms with van der Waals surface area (Å²) < 4.78 is 0. The molecule has 5 nitrogen and oxygen atoms in total. The van der Waals surface area contributed by atoms with Crippen LogP contribution in [-0.4, -0.2) is 22.2 Å². The van der Waals surface area contributed by atoms with E-state index in [2.05, 4.69) is 29.5 Å². The Kier molecular flexibility index (Phi) is 5.75. The van der Waals surface area contributed by atoms with Crippen molar-refractivity contribution in [1.29, 1.82) is 0 Å². The van der Waals surface area contributed by atoms with Gasteiger partial charge in [0.05, 0.1) is 11.4 Å². The summed E-state index contributed by atoms with van der Waals surface area (Å²) in [5, 5.41) is 14.9. The third kappa shape index (κ3) is 4.40. The molecule has 1 aromatic rings. The second-order valence-corrected chi connectivity index (χ2v) is 6.79. The molecule has 0 aromatic carbocycles. The highest BCUT2D eigenvalue weighted by Crippen LogP contribution is 2.36. The lowest BCUT2D eigenvalue weighted by Crippen LogP contribution is -2.30. The van der Waals surface area contributed by atoms with Crippen LogP contribution in [0, 0.1) is 11.8 Å². The van der Waals surface area contributed by atoms with Gasteiger partial charge in [0.1, 0.15) is 5.15 Å². The molecule has 7 heteroatoms. The Morgan fingerprint density at radius 2 is 2.00 bits per heavy atom. The summed E-state index contributed by atoms with van der Waals surface area (Å²) in [5.41, 5.74) is 0.813. The SMILES string of the molecule is CC1CCC(C(C)Nc2c(NC(=O)O)cc(Cl)nc2Cl)CC1. The number of carbonyl (C=O) groups is 1. The van der Waals surface area contributed by atoms with Crippen molar-refractivity contribution in [3.63, 3.8) is 0 Å². The van der Waals surface area contributed by atoms with Crippen LogP contribution in [0.3, 0.4) is 0 Å². The van der Waals surface area contributed by atoms with E-state index in [1.54, 1.807) is 0 Å². The van der Waals surface area contributed by atoms with Crippen LogP contribution in [0.1, 0.15) is 39.5 Å². The van der Waals surface area contributed by atoms with Crippen LogP contribution in [-0.2, 0) is 0 Å². The summed E-state index contributed by atoms with van der Waals surface area (Å²) in [6.45, 7) is 4.37. The molecule has 122 valence electrons. The minimum Gasteiger partial charge on any atom is -0.465 e. The molecule has 1 unspecified atom stereocenters. The Labute approximate surface area is 140 Å². The van der Waals surface area contributed by atoms with Crippen LogP contribution in [0.5, 0.6) is 0 Å². The van der Waals surface area contributed by atoms with E-state index in [1.165, 1.54) is 18.9 Å². The molecular weight excluding hydrogens is 325 g/mol. The Bertz CT molecular complexity index is 546. The molecule has 2 rings (SSSR count). The molecule has 1 heterocycles. The van der Waals surface area contributed by atoms with Gasteiger partial charge < -0.3 is 10.4 Å². The van der Waals surface area contributed by atoms with E-state index in [4.69, 9.17) is 28.3 Å². The number of nitrogens with one attached hydrogen (secondary N) is 2. The molecule has 3 N–H and O–H groups in total. The highest BCUT2D eigenvalue weighted by atomic mass is 35.5. The van der Waals surface area contributed by atoms with E-state index in [0.717, 1.165) is 18.8 Å². The zero-order chi connectivity index (χ0) is 16.3. The number of carboxylic acid groups (broad SMARTS) is 1. The van der Waals surface area contributed by atoms with E-state index in [-0.39, 0.29) is 16.3 Å². The molecule has 0 saturated heterocycles. The minimum atomic E-state index is -1.17.